The second-order valence-electron chi connectivity index (χ2n) is 14.4. The number of aromatic amines is 1. The number of amides is 2. The predicted molar refractivity (Wildman–Crippen MR) is 206 cm³/mol. The quantitative estimate of drug-likeness (QED) is 0.0847. The van der Waals surface area contributed by atoms with Crippen molar-refractivity contribution >= 4 is 28.6 Å². The van der Waals surface area contributed by atoms with Crippen molar-refractivity contribution in [1.82, 2.24) is 15.6 Å². The third-order valence-corrected chi connectivity index (χ3v) is 9.88. The first-order valence-corrected chi connectivity index (χ1v) is 18.1. The molecular weight excluding hydrogens is 670 g/mol. The lowest BCUT2D eigenvalue weighted by Crippen LogP contribution is -2.48. The summed E-state index contributed by atoms with van der Waals surface area (Å²) in [5.41, 5.74) is 6.00. The lowest BCUT2D eigenvalue weighted by Gasteiger charge is -2.36. The average Bonchev–Trinajstić information content (AvgIpc) is 3.15. The fraction of sp³-hybridized carbons (Fsp3) is 0.310. The number of carbonyl (C=O) groups is 2. The molecule has 1 atom stereocenters. The van der Waals surface area contributed by atoms with Gasteiger partial charge in [-0.1, -0.05) is 72.8 Å². The number of ether oxygens (including phenoxy) is 1. The van der Waals surface area contributed by atoms with Crippen LogP contribution >= 0.6 is 0 Å². The van der Waals surface area contributed by atoms with Gasteiger partial charge in [0.1, 0.15) is 11.9 Å². The summed E-state index contributed by atoms with van der Waals surface area (Å²) in [6.07, 6.45) is 1.06. The number of aryl methyl sites for hydroxylation is 1. The van der Waals surface area contributed by atoms with Crippen LogP contribution in [0.2, 0.25) is 0 Å². The van der Waals surface area contributed by atoms with Crippen LogP contribution in [0.3, 0.4) is 0 Å². The van der Waals surface area contributed by atoms with Crippen molar-refractivity contribution in [2.24, 2.45) is 0 Å². The summed E-state index contributed by atoms with van der Waals surface area (Å²) in [5, 5.41) is 30.8. The summed E-state index contributed by atoms with van der Waals surface area (Å²) in [4.78, 5) is 40.2. The van der Waals surface area contributed by atoms with E-state index in [2.05, 4.69) is 35.0 Å². The molecular formula is C42H48N5O6+. The van der Waals surface area contributed by atoms with E-state index in [0.717, 1.165) is 58.2 Å². The molecule has 6 rings (SSSR count). The molecule has 0 unspecified atom stereocenters. The van der Waals surface area contributed by atoms with Gasteiger partial charge < -0.3 is 35.1 Å². The van der Waals surface area contributed by atoms with Crippen molar-refractivity contribution in [3.63, 3.8) is 0 Å². The van der Waals surface area contributed by atoms with E-state index in [1.807, 2.05) is 72.8 Å². The molecule has 1 aromatic heterocycles. The van der Waals surface area contributed by atoms with E-state index in [-0.39, 0.29) is 29.9 Å². The van der Waals surface area contributed by atoms with Crippen LogP contribution in [0.1, 0.15) is 47.6 Å². The Hall–Kier alpha value is -5.49. The number of phenolic OH excluding ortho intramolecular Hbond substituents is 1. The molecule has 0 bridgehead atoms. The number of anilines is 1. The van der Waals surface area contributed by atoms with Crippen LogP contribution in [-0.2, 0) is 29.0 Å². The largest absolute Gasteiger partial charge is 0.506 e. The Morgan fingerprint density at radius 1 is 0.887 bits per heavy atom. The van der Waals surface area contributed by atoms with Crippen molar-refractivity contribution in [2.45, 2.75) is 51.0 Å². The Morgan fingerprint density at radius 3 is 2.32 bits per heavy atom. The molecule has 0 radical (unpaired) electrons. The monoisotopic (exact) mass is 718 g/mol. The lowest BCUT2D eigenvalue weighted by molar-refractivity contribution is -0.896. The van der Waals surface area contributed by atoms with Gasteiger partial charge in [0.05, 0.1) is 44.5 Å². The number of H-pyrrole nitrogens is 1. The van der Waals surface area contributed by atoms with Gasteiger partial charge in [0.25, 0.3) is 0 Å². The first-order chi connectivity index (χ1) is 25.5. The number of pyridine rings is 1. The molecule has 53 heavy (non-hydrogen) atoms. The zero-order valence-electron chi connectivity index (χ0n) is 30.2. The number of rotatable bonds is 13. The molecule has 11 nitrogen and oxygen atoms in total. The van der Waals surface area contributed by atoms with Gasteiger partial charge in [-0.15, -0.1) is 0 Å². The number of quaternary nitrogens is 1. The average molecular weight is 719 g/mol. The zero-order valence-corrected chi connectivity index (χ0v) is 30.2. The van der Waals surface area contributed by atoms with E-state index < -0.39 is 12.2 Å². The number of carbonyl (C=O) groups excluding carboxylic acids is 2. The molecule has 2 amide bonds. The highest BCUT2D eigenvalue weighted by Crippen LogP contribution is 2.31. The molecule has 0 aliphatic carbocycles. The van der Waals surface area contributed by atoms with Gasteiger partial charge in [0.15, 0.2) is 0 Å². The van der Waals surface area contributed by atoms with Gasteiger partial charge in [0, 0.05) is 55.9 Å². The molecule has 276 valence electrons. The number of fused-ring (bicyclic) bond motifs is 1. The molecule has 4 aromatic carbocycles. The molecule has 1 aliphatic rings. The Morgan fingerprint density at radius 2 is 1.58 bits per heavy atom. The second kappa shape index (κ2) is 16.9. The maximum atomic E-state index is 13.0. The number of hydrogen-bond donors (Lipinski definition) is 6. The Labute approximate surface area is 309 Å². The summed E-state index contributed by atoms with van der Waals surface area (Å²) in [6.45, 7) is 3.12. The van der Waals surface area contributed by atoms with E-state index >= 15 is 0 Å². The third kappa shape index (κ3) is 10.1. The summed E-state index contributed by atoms with van der Waals surface area (Å²) >= 11 is 0. The smallest absolute Gasteiger partial charge is 0.411 e. The highest BCUT2D eigenvalue weighted by Gasteiger charge is 2.28. The minimum Gasteiger partial charge on any atom is -0.506 e. The van der Waals surface area contributed by atoms with Gasteiger partial charge in [-0.25, -0.2) is 4.79 Å². The fourth-order valence-electron chi connectivity index (χ4n) is 6.71. The number of likely N-dealkylation sites (tertiary alicyclic amines) is 1. The summed E-state index contributed by atoms with van der Waals surface area (Å²) in [5.74, 6) is -0.123. The molecule has 0 spiro atoms. The molecule has 1 saturated heterocycles. The number of benzene rings is 4. The topological polar surface area (TPSA) is 153 Å². The number of aliphatic hydroxyl groups excluding tert-OH is 1. The Bertz CT molecular complexity index is 2090. The van der Waals surface area contributed by atoms with Crippen LogP contribution in [0.5, 0.6) is 5.75 Å². The van der Waals surface area contributed by atoms with Crippen molar-refractivity contribution in [2.75, 3.05) is 39.0 Å². The zero-order chi connectivity index (χ0) is 37.4. The second-order valence-corrected chi connectivity index (χ2v) is 14.4. The number of piperidine rings is 1. The Kier molecular flexibility index (Phi) is 11.9. The van der Waals surface area contributed by atoms with Gasteiger partial charge in [0.2, 0.25) is 11.5 Å². The minimum atomic E-state index is -0.849. The van der Waals surface area contributed by atoms with E-state index in [1.165, 1.54) is 12.1 Å². The maximum absolute atomic E-state index is 13.0. The third-order valence-electron chi connectivity index (χ3n) is 9.88. The maximum Gasteiger partial charge on any atom is 0.411 e. The van der Waals surface area contributed by atoms with Gasteiger partial charge in [-0.3, -0.25) is 14.9 Å². The number of nitrogens with one attached hydrogen (secondary N) is 4. The highest BCUT2D eigenvalue weighted by molar-refractivity contribution is 5.92. The normalized spacial score (nSPS) is 14.8. The van der Waals surface area contributed by atoms with Crippen LogP contribution in [0.25, 0.3) is 22.0 Å². The molecule has 2 heterocycles. The molecule has 6 N–H and O–H groups in total. The fourth-order valence-corrected chi connectivity index (χ4v) is 6.71. The lowest BCUT2D eigenvalue weighted by atomic mass is 9.99. The molecule has 1 fully saturated rings. The Balaban J connectivity index is 0.976. The first-order valence-electron chi connectivity index (χ1n) is 18.1. The number of hydrogen-bond acceptors (Lipinski definition) is 7. The standard InChI is InChI=1S/C42H47N5O6/c1-47(2)22-20-32(21-23-47)53-42(52)45-36-24-28(12-14-33(36)31-6-4-3-5-7-31)13-18-39(50)44-26-30-10-8-29(9-11-30)25-43-27-38(49)34-15-17-37(48)41-35(34)16-19-40(51)46-41/h3-12,14-17,19,24,32,38,43,49H,13,18,20-23,25-27H2,1-2H3,(H3-,44,45,46,48,50,51,52)/p+1/t38-/m1/s1. The number of nitrogens with zero attached hydrogens (tertiary/aromatic N) is 1. The number of aromatic nitrogens is 1. The van der Waals surface area contributed by atoms with Crippen molar-refractivity contribution in [3.05, 3.63) is 130 Å². The van der Waals surface area contributed by atoms with Crippen molar-refractivity contribution in [1.29, 1.82) is 0 Å². The van der Waals surface area contributed by atoms with Crippen LogP contribution in [-0.4, -0.2) is 71.5 Å². The number of phenols is 1. The van der Waals surface area contributed by atoms with E-state index in [9.17, 15) is 24.6 Å². The summed E-state index contributed by atoms with van der Waals surface area (Å²) < 4.78 is 6.74. The van der Waals surface area contributed by atoms with Gasteiger partial charge >= 0.3 is 6.09 Å². The van der Waals surface area contributed by atoms with Crippen LogP contribution in [0, 0.1) is 0 Å². The SMILES string of the molecule is C[N+]1(C)CCC(OC(=O)Nc2cc(CCC(=O)NCc3ccc(CNC[C@@H](O)c4ccc(O)c5[nH]c(=O)ccc45)cc3)ccc2-c2ccccc2)CC1. The summed E-state index contributed by atoms with van der Waals surface area (Å²) in [6, 6.07) is 29.7. The highest BCUT2D eigenvalue weighted by atomic mass is 16.6. The van der Waals surface area contributed by atoms with Crippen LogP contribution < -0.4 is 21.5 Å². The van der Waals surface area contributed by atoms with Gasteiger partial charge in [-0.2, -0.15) is 0 Å². The summed E-state index contributed by atoms with van der Waals surface area (Å²) in [7, 11) is 4.38. The van der Waals surface area contributed by atoms with E-state index in [4.69, 9.17) is 4.74 Å². The number of aliphatic hydroxyl groups is 1. The van der Waals surface area contributed by atoms with Crippen molar-refractivity contribution < 1.29 is 29.0 Å². The van der Waals surface area contributed by atoms with Crippen LogP contribution in [0.15, 0.2) is 102 Å². The molecule has 5 aromatic rings. The molecule has 11 heteroatoms. The van der Waals surface area contributed by atoms with E-state index in [0.29, 0.717) is 48.1 Å². The minimum absolute atomic E-state index is 0.0491. The van der Waals surface area contributed by atoms with Crippen LogP contribution in [0.4, 0.5) is 10.5 Å². The number of aromatic hydroxyl groups is 1. The van der Waals surface area contributed by atoms with E-state index in [1.54, 1.807) is 12.1 Å². The first kappa shape index (κ1) is 37.3. The molecule has 0 saturated carbocycles. The molecule has 1 aliphatic heterocycles. The van der Waals surface area contributed by atoms with Gasteiger partial charge in [-0.05, 0) is 52.4 Å². The van der Waals surface area contributed by atoms with Crippen molar-refractivity contribution in [3.8, 4) is 16.9 Å². The predicted octanol–water partition coefficient (Wildman–Crippen LogP) is 5.76.